The Morgan fingerprint density at radius 2 is 1.86 bits per heavy atom. The number of benzene rings is 2. The monoisotopic (exact) mass is 339 g/mol. The lowest BCUT2D eigenvalue weighted by Crippen LogP contribution is -2.19. The van der Waals surface area contributed by atoms with Crippen molar-refractivity contribution in [2.45, 2.75) is 11.5 Å². The molecule has 2 aromatic carbocycles. The highest BCUT2D eigenvalue weighted by Crippen LogP contribution is 2.23. The van der Waals surface area contributed by atoms with Gasteiger partial charge < -0.3 is 4.74 Å². The number of nitrogens with one attached hydrogen (secondary N) is 1. The number of carbonyl (C=O) groups excluding carboxylic acids is 1. The molecule has 22 heavy (non-hydrogen) atoms. The van der Waals surface area contributed by atoms with Gasteiger partial charge in [-0.3, -0.25) is 0 Å². The Morgan fingerprint density at radius 3 is 2.50 bits per heavy atom. The van der Waals surface area contributed by atoms with E-state index in [1.807, 2.05) is 30.3 Å². The van der Waals surface area contributed by atoms with Crippen molar-refractivity contribution in [3.63, 3.8) is 0 Å². The summed E-state index contributed by atoms with van der Waals surface area (Å²) in [6, 6.07) is 13.2. The van der Waals surface area contributed by atoms with Gasteiger partial charge in [-0.2, -0.15) is 0 Å². The quantitative estimate of drug-likeness (QED) is 0.850. The average molecular weight is 340 g/mol. The van der Waals surface area contributed by atoms with E-state index in [1.54, 1.807) is 0 Å². The lowest BCUT2D eigenvalue weighted by atomic mass is 10.2. The second-order valence-corrected chi connectivity index (χ2v) is 6.68. The van der Waals surface area contributed by atoms with Crippen LogP contribution in [0.1, 0.15) is 15.9 Å². The zero-order valence-electron chi connectivity index (χ0n) is 11.7. The van der Waals surface area contributed by atoms with Gasteiger partial charge in [0.05, 0.1) is 10.6 Å². The van der Waals surface area contributed by atoms with Crippen molar-refractivity contribution in [1.82, 2.24) is 4.72 Å². The molecule has 0 heterocycles. The van der Waals surface area contributed by atoms with Crippen LogP contribution in [0.25, 0.3) is 0 Å². The van der Waals surface area contributed by atoms with Gasteiger partial charge in [0.1, 0.15) is 11.5 Å². The first-order chi connectivity index (χ1) is 10.4. The van der Waals surface area contributed by atoms with Crippen LogP contribution < -0.4 is 4.72 Å². The predicted octanol–water partition coefficient (Wildman–Crippen LogP) is 2.61. The van der Waals surface area contributed by atoms with Crippen LogP contribution >= 0.6 is 11.6 Å². The Balaban J connectivity index is 2.19. The summed E-state index contributed by atoms with van der Waals surface area (Å²) in [4.78, 5) is 11.9. The van der Waals surface area contributed by atoms with E-state index in [4.69, 9.17) is 16.3 Å². The van der Waals surface area contributed by atoms with Crippen molar-refractivity contribution in [2.75, 3.05) is 7.05 Å². The van der Waals surface area contributed by atoms with E-state index in [-0.39, 0.29) is 22.1 Å². The first-order valence-corrected chi connectivity index (χ1v) is 8.24. The fourth-order valence-corrected chi connectivity index (χ4v) is 3.00. The van der Waals surface area contributed by atoms with Gasteiger partial charge in [0, 0.05) is 0 Å². The van der Waals surface area contributed by atoms with E-state index in [2.05, 4.69) is 4.72 Å². The lowest BCUT2D eigenvalue weighted by molar-refractivity contribution is 0.0472. The van der Waals surface area contributed by atoms with Crippen molar-refractivity contribution in [3.8, 4) is 0 Å². The third-order valence-electron chi connectivity index (χ3n) is 2.94. The maximum atomic E-state index is 12.0. The van der Waals surface area contributed by atoms with E-state index in [9.17, 15) is 13.2 Å². The number of halogens is 1. The van der Waals surface area contributed by atoms with Crippen molar-refractivity contribution in [1.29, 1.82) is 0 Å². The van der Waals surface area contributed by atoms with Crippen LogP contribution in [0, 0.1) is 0 Å². The summed E-state index contributed by atoms with van der Waals surface area (Å²) >= 11 is 5.87. The van der Waals surface area contributed by atoms with Crippen molar-refractivity contribution in [2.24, 2.45) is 0 Å². The molecule has 0 saturated carbocycles. The highest BCUT2D eigenvalue weighted by Gasteiger charge is 2.19. The zero-order chi connectivity index (χ0) is 16.2. The minimum absolute atomic E-state index is 0.0361. The Kier molecular flexibility index (Phi) is 5.18. The Morgan fingerprint density at radius 1 is 1.18 bits per heavy atom. The van der Waals surface area contributed by atoms with Gasteiger partial charge in [0.15, 0.2) is 0 Å². The molecular formula is C15H14ClNO4S. The van der Waals surface area contributed by atoms with Crippen molar-refractivity contribution in [3.05, 3.63) is 64.7 Å². The molecule has 0 aliphatic rings. The fraction of sp³-hybridized carbons (Fsp3) is 0.133. The van der Waals surface area contributed by atoms with Crippen molar-refractivity contribution < 1.29 is 17.9 Å². The van der Waals surface area contributed by atoms with Gasteiger partial charge in [-0.25, -0.2) is 17.9 Å². The molecule has 2 rings (SSSR count). The van der Waals surface area contributed by atoms with E-state index in [1.165, 1.54) is 25.2 Å². The fourth-order valence-electron chi connectivity index (χ4n) is 1.75. The molecule has 5 nitrogen and oxygen atoms in total. The minimum Gasteiger partial charge on any atom is -0.457 e. The maximum Gasteiger partial charge on any atom is 0.338 e. The first kappa shape index (κ1) is 16.5. The van der Waals surface area contributed by atoms with Crippen LogP contribution in [0.4, 0.5) is 0 Å². The van der Waals surface area contributed by atoms with Gasteiger partial charge in [0.2, 0.25) is 10.0 Å². The van der Waals surface area contributed by atoms with Crippen LogP contribution in [0.15, 0.2) is 53.4 Å². The summed E-state index contributed by atoms with van der Waals surface area (Å²) < 4.78 is 31.0. The molecule has 0 aromatic heterocycles. The molecule has 0 fully saturated rings. The second kappa shape index (κ2) is 6.91. The SMILES string of the molecule is CNS(=O)(=O)c1cc(C(=O)OCc2ccccc2)ccc1Cl. The molecule has 0 unspecified atom stereocenters. The number of carbonyl (C=O) groups is 1. The standard InChI is InChI=1S/C15H14ClNO4S/c1-17-22(19,20)14-9-12(7-8-13(14)16)15(18)21-10-11-5-3-2-4-6-11/h2-9,17H,10H2,1H3. The molecule has 0 saturated heterocycles. The smallest absolute Gasteiger partial charge is 0.338 e. The topological polar surface area (TPSA) is 72.5 Å². The van der Waals surface area contributed by atoms with Gasteiger partial charge >= 0.3 is 5.97 Å². The number of esters is 1. The number of hydrogen-bond donors (Lipinski definition) is 1. The van der Waals surface area contributed by atoms with Crippen LogP contribution in [-0.2, 0) is 21.4 Å². The third kappa shape index (κ3) is 3.85. The normalized spacial score (nSPS) is 11.2. The molecule has 0 aliphatic carbocycles. The number of ether oxygens (including phenoxy) is 1. The predicted molar refractivity (Wildman–Crippen MR) is 83.3 cm³/mol. The molecule has 0 amide bonds. The van der Waals surface area contributed by atoms with Gasteiger partial charge in [-0.1, -0.05) is 41.9 Å². The minimum atomic E-state index is -3.74. The Hall–Kier alpha value is -1.89. The van der Waals surface area contributed by atoms with Crippen LogP contribution in [0.2, 0.25) is 5.02 Å². The van der Waals surface area contributed by atoms with Gasteiger partial charge in [-0.05, 0) is 30.8 Å². The molecule has 0 atom stereocenters. The molecule has 1 N–H and O–H groups in total. The number of rotatable bonds is 5. The van der Waals surface area contributed by atoms with Gasteiger partial charge in [-0.15, -0.1) is 0 Å². The largest absolute Gasteiger partial charge is 0.457 e. The van der Waals surface area contributed by atoms with E-state index >= 15 is 0 Å². The molecule has 0 bridgehead atoms. The highest BCUT2D eigenvalue weighted by molar-refractivity contribution is 7.89. The summed E-state index contributed by atoms with van der Waals surface area (Å²) in [7, 11) is -2.47. The Bertz CT molecular complexity index is 775. The summed E-state index contributed by atoms with van der Waals surface area (Å²) in [5, 5.41) is 0.0361. The third-order valence-corrected chi connectivity index (χ3v) is 4.83. The summed E-state index contributed by atoms with van der Waals surface area (Å²) in [6.07, 6.45) is 0. The Labute approximate surface area is 133 Å². The number of hydrogen-bond acceptors (Lipinski definition) is 4. The van der Waals surface area contributed by atoms with Crippen LogP contribution in [-0.4, -0.2) is 21.4 Å². The second-order valence-electron chi connectivity index (χ2n) is 4.41. The molecule has 0 radical (unpaired) electrons. The summed E-state index contributed by atoms with van der Waals surface area (Å²) in [5.74, 6) is -0.618. The summed E-state index contributed by atoms with van der Waals surface area (Å²) in [5.41, 5.74) is 0.960. The lowest BCUT2D eigenvalue weighted by Gasteiger charge is -2.08. The van der Waals surface area contributed by atoms with E-state index < -0.39 is 16.0 Å². The molecule has 7 heteroatoms. The first-order valence-electron chi connectivity index (χ1n) is 6.38. The van der Waals surface area contributed by atoms with E-state index in [0.717, 1.165) is 5.56 Å². The van der Waals surface area contributed by atoms with Crippen molar-refractivity contribution >= 4 is 27.6 Å². The maximum absolute atomic E-state index is 12.0. The molecular weight excluding hydrogens is 326 g/mol. The summed E-state index contributed by atoms with van der Waals surface area (Å²) in [6.45, 7) is 0.108. The van der Waals surface area contributed by atoms with E-state index in [0.29, 0.717) is 0 Å². The van der Waals surface area contributed by atoms with Gasteiger partial charge in [0.25, 0.3) is 0 Å². The van der Waals surface area contributed by atoms with Crippen LogP contribution in [0.5, 0.6) is 0 Å². The molecule has 116 valence electrons. The molecule has 0 aliphatic heterocycles. The zero-order valence-corrected chi connectivity index (χ0v) is 13.3. The molecule has 2 aromatic rings. The van der Waals surface area contributed by atoms with Crippen LogP contribution in [0.3, 0.4) is 0 Å². The average Bonchev–Trinajstić information content (AvgIpc) is 2.54. The molecule has 0 spiro atoms. The highest BCUT2D eigenvalue weighted by atomic mass is 35.5. The number of sulfonamides is 1.